The first-order chi connectivity index (χ1) is 6.27. The molecule has 13 heavy (non-hydrogen) atoms. The zero-order valence-electron chi connectivity index (χ0n) is 7.25. The van der Waals surface area contributed by atoms with E-state index in [1.165, 1.54) is 0 Å². The largest absolute Gasteiger partial charge is 0.449 e. The Labute approximate surface area is 81.8 Å². The van der Waals surface area contributed by atoms with E-state index in [0.29, 0.717) is 18.4 Å². The lowest BCUT2D eigenvalue weighted by molar-refractivity contribution is 0.172. The van der Waals surface area contributed by atoms with Gasteiger partial charge in [-0.25, -0.2) is 0 Å². The molecular weight excluding hydrogens is 190 g/mol. The van der Waals surface area contributed by atoms with Crippen molar-refractivity contribution in [3.63, 3.8) is 0 Å². The zero-order chi connectivity index (χ0) is 9.31. The molecule has 1 aromatic rings. The molecule has 1 fully saturated rings. The highest BCUT2D eigenvalue weighted by atomic mass is 35.5. The van der Waals surface area contributed by atoms with Crippen LogP contribution in [-0.4, -0.2) is 19.8 Å². The SMILES string of the molecule is NCC1(c2ccc(Cl)o2)CCOC1. The molecule has 1 unspecified atom stereocenters. The molecule has 0 radical (unpaired) electrons. The summed E-state index contributed by atoms with van der Waals surface area (Å²) in [7, 11) is 0. The van der Waals surface area contributed by atoms with E-state index < -0.39 is 0 Å². The van der Waals surface area contributed by atoms with Gasteiger partial charge in [-0.1, -0.05) is 0 Å². The van der Waals surface area contributed by atoms with Gasteiger partial charge in [-0.15, -0.1) is 0 Å². The average molecular weight is 202 g/mol. The predicted octanol–water partition coefficient (Wildman–Crippen LogP) is 1.55. The Morgan fingerprint density at radius 3 is 2.85 bits per heavy atom. The number of nitrogens with two attached hydrogens (primary N) is 1. The minimum absolute atomic E-state index is 0.146. The predicted molar refractivity (Wildman–Crippen MR) is 49.9 cm³/mol. The highest BCUT2D eigenvalue weighted by Crippen LogP contribution is 2.34. The molecular formula is C9H12ClNO2. The van der Waals surface area contributed by atoms with Crippen LogP contribution in [-0.2, 0) is 10.2 Å². The molecule has 0 amide bonds. The molecule has 4 heteroatoms. The lowest BCUT2D eigenvalue weighted by atomic mass is 9.85. The van der Waals surface area contributed by atoms with Crippen LogP contribution < -0.4 is 5.73 Å². The first-order valence-electron chi connectivity index (χ1n) is 4.30. The van der Waals surface area contributed by atoms with Crippen LogP contribution in [0.15, 0.2) is 16.5 Å². The van der Waals surface area contributed by atoms with Crippen molar-refractivity contribution in [2.24, 2.45) is 5.73 Å². The third-order valence-electron chi connectivity index (χ3n) is 2.59. The van der Waals surface area contributed by atoms with E-state index in [4.69, 9.17) is 26.5 Å². The number of rotatable bonds is 2. The highest BCUT2D eigenvalue weighted by Gasteiger charge is 2.38. The van der Waals surface area contributed by atoms with Crippen LogP contribution in [0, 0.1) is 0 Å². The maximum Gasteiger partial charge on any atom is 0.193 e. The molecule has 1 saturated heterocycles. The Balaban J connectivity index is 2.30. The van der Waals surface area contributed by atoms with Crippen molar-refractivity contribution in [3.05, 3.63) is 23.1 Å². The van der Waals surface area contributed by atoms with Gasteiger partial charge in [0.25, 0.3) is 0 Å². The topological polar surface area (TPSA) is 48.4 Å². The number of hydrogen-bond acceptors (Lipinski definition) is 3. The molecule has 2 rings (SSSR count). The molecule has 72 valence electrons. The zero-order valence-corrected chi connectivity index (χ0v) is 8.01. The van der Waals surface area contributed by atoms with Crippen LogP contribution in [0.3, 0.4) is 0 Å². The van der Waals surface area contributed by atoms with Crippen molar-refractivity contribution in [1.29, 1.82) is 0 Å². The highest BCUT2D eigenvalue weighted by molar-refractivity contribution is 6.28. The quantitative estimate of drug-likeness (QED) is 0.790. The van der Waals surface area contributed by atoms with Gasteiger partial charge in [-0.05, 0) is 30.2 Å². The Kier molecular flexibility index (Phi) is 2.32. The van der Waals surface area contributed by atoms with E-state index in [1.54, 1.807) is 6.07 Å². The average Bonchev–Trinajstić information content (AvgIpc) is 2.73. The molecule has 0 saturated carbocycles. The molecule has 1 aliphatic heterocycles. The van der Waals surface area contributed by atoms with Crippen molar-refractivity contribution in [3.8, 4) is 0 Å². The molecule has 0 bridgehead atoms. The molecule has 2 heterocycles. The normalized spacial score (nSPS) is 28.2. The molecule has 0 aromatic carbocycles. The van der Waals surface area contributed by atoms with E-state index >= 15 is 0 Å². The Morgan fingerprint density at radius 1 is 1.54 bits per heavy atom. The third kappa shape index (κ3) is 1.47. The van der Waals surface area contributed by atoms with Gasteiger partial charge in [0.1, 0.15) is 5.76 Å². The summed E-state index contributed by atoms with van der Waals surface area (Å²) in [6.07, 6.45) is 0.910. The van der Waals surface area contributed by atoms with Gasteiger partial charge in [-0.3, -0.25) is 0 Å². The van der Waals surface area contributed by atoms with Gasteiger partial charge in [0.2, 0.25) is 0 Å². The first-order valence-corrected chi connectivity index (χ1v) is 4.68. The van der Waals surface area contributed by atoms with Gasteiger partial charge in [0.05, 0.1) is 12.0 Å². The van der Waals surface area contributed by atoms with Crippen molar-refractivity contribution in [1.82, 2.24) is 0 Å². The molecule has 1 atom stereocenters. The Bertz CT molecular complexity index is 292. The minimum atomic E-state index is -0.146. The van der Waals surface area contributed by atoms with E-state index in [9.17, 15) is 0 Å². The fraction of sp³-hybridized carbons (Fsp3) is 0.556. The second-order valence-electron chi connectivity index (χ2n) is 3.39. The Morgan fingerprint density at radius 2 is 2.38 bits per heavy atom. The van der Waals surface area contributed by atoms with E-state index in [0.717, 1.165) is 18.8 Å². The second-order valence-corrected chi connectivity index (χ2v) is 3.76. The molecule has 0 aliphatic carbocycles. The number of ether oxygens (including phenoxy) is 1. The summed E-state index contributed by atoms with van der Waals surface area (Å²) >= 11 is 5.71. The first kappa shape index (κ1) is 9.06. The van der Waals surface area contributed by atoms with Crippen molar-refractivity contribution >= 4 is 11.6 Å². The standard InChI is InChI=1S/C9H12ClNO2/c10-8-2-1-7(13-8)9(5-11)3-4-12-6-9/h1-2H,3-6,11H2. The van der Waals surface area contributed by atoms with E-state index in [2.05, 4.69) is 0 Å². The maximum absolute atomic E-state index is 5.73. The monoisotopic (exact) mass is 201 g/mol. The summed E-state index contributed by atoms with van der Waals surface area (Å²) in [6.45, 7) is 1.92. The van der Waals surface area contributed by atoms with E-state index in [-0.39, 0.29) is 5.41 Å². The maximum atomic E-state index is 5.73. The van der Waals surface area contributed by atoms with Crippen molar-refractivity contribution in [2.75, 3.05) is 19.8 Å². The minimum Gasteiger partial charge on any atom is -0.449 e. The van der Waals surface area contributed by atoms with Gasteiger partial charge in [-0.2, -0.15) is 0 Å². The second kappa shape index (κ2) is 3.33. The number of furan rings is 1. The molecule has 1 aliphatic rings. The van der Waals surface area contributed by atoms with Gasteiger partial charge < -0.3 is 14.9 Å². The fourth-order valence-electron chi connectivity index (χ4n) is 1.66. The number of hydrogen-bond donors (Lipinski definition) is 1. The summed E-state index contributed by atoms with van der Waals surface area (Å²) in [6, 6.07) is 3.62. The van der Waals surface area contributed by atoms with Crippen LogP contribution in [0.4, 0.5) is 0 Å². The summed E-state index contributed by atoms with van der Waals surface area (Å²) in [5.41, 5.74) is 5.58. The Hall–Kier alpha value is -0.510. The summed E-state index contributed by atoms with van der Waals surface area (Å²) in [5, 5.41) is 0.412. The van der Waals surface area contributed by atoms with Gasteiger partial charge in [0.15, 0.2) is 5.22 Å². The van der Waals surface area contributed by atoms with Crippen LogP contribution >= 0.6 is 11.6 Å². The molecule has 1 aromatic heterocycles. The van der Waals surface area contributed by atoms with Crippen molar-refractivity contribution in [2.45, 2.75) is 11.8 Å². The summed E-state index contributed by atoms with van der Waals surface area (Å²) < 4.78 is 10.7. The van der Waals surface area contributed by atoms with Crippen LogP contribution in [0.5, 0.6) is 0 Å². The van der Waals surface area contributed by atoms with Crippen LogP contribution in [0.25, 0.3) is 0 Å². The van der Waals surface area contributed by atoms with Crippen LogP contribution in [0.2, 0.25) is 5.22 Å². The number of halogens is 1. The summed E-state index contributed by atoms with van der Waals surface area (Å²) in [4.78, 5) is 0. The van der Waals surface area contributed by atoms with Crippen LogP contribution in [0.1, 0.15) is 12.2 Å². The van der Waals surface area contributed by atoms with Gasteiger partial charge in [0, 0.05) is 13.2 Å². The lowest BCUT2D eigenvalue weighted by Crippen LogP contribution is -2.35. The third-order valence-corrected chi connectivity index (χ3v) is 2.79. The summed E-state index contributed by atoms with van der Waals surface area (Å²) in [5.74, 6) is 0.845. The molecule has 3 nitrogen and oxygen atoms in total. The van der Waals surface area contributed by atoms with Crippen molar-refractivity contribution < 1.29 is 9.15 Å². The van der Waals surface area contributed by atoms with Gasteiger partial charge >= 0.3 is 0 Å². The molecule has 0 spiro atoms. The lowest BCUT2D eigenvalue weighted by Gasteiger charge is -2.22. The molecule has 2 N–H and O–H groups in total. The smallest absolute Gasteiger partial charge is 0.193 e. The van der Waals surface area contributed by atoms with E-state index in [1.807, 2.05) is 6.07 Å². The fourth-order valence-corrected chi connectivity index (χ4v) is 1.81.